The number of amides is 3. The zero-order chi connectivity index (χ0) is 25.8. The fourth-order valence-corrected chi connectivity index (χ4v) is 4.07. The van der Waals surface area contributed by atoms with Gasteiger partial charge in [-0.15, -0.1) is 0 Å². The third-order valence-corrected chi connectivity index (χ3v) is 6.02. The number of carbonyl (C=O) groups is 3. The Morgan fingerprint density at radius 1 is 1.14 bits per heavy atom. The molecule has 9 nitrogen and oxygen atoms in total. The maximum absolute atomic E-state index is 13.2. The molecule has 9 heteroatoms. The number of likely N-dealkylation sites (tertiary alicyclic amines) is 1. The number of unbranched alkanes of at least 4 members (excludes halogenated alkanes) is 1. The molecule has 0 unspecified atom stereocenters. The highest BCUT2D eigenvalue weighted by atomic mass is 16.5. The van der Waals surface area contributed by atoms with Crippen LogP contribution in [0, 0.1) is 11.3 Å². The molecule has 2 N–H and O–H groups in total. The summed E-state index contributed by atoms with van der Waals surface area (Å²) in [4.78, 5) is 39.6. The summed E-state index contributed by atoms with van der Waals surface area (Å²) in [5.74, 6) is -0.104. The van der Waals surface area contributed by atoms with E-state index < -0.39 is 18.2 Å². The zero-order valence-corrected chi connectivity index (χ0v) is 20.4. The van der Waals surface area contributed by atoms with Gasteiger partial charge in [-0.2, -0.15) is 5.26 Å². The molecule has 0 saturated carbocycles. The van der Waals surface area contributed by atoms with Gasteiger partial charge in [-0.1, -0.05) is 36.4 Å². The molecule has 1 aliphatic heterocycles. The predicted octanol–water partition coefficient (Wildman–Crippen LogP) is 3.40. The van der Waals surface area contributed by atoms with Crippen LogP contribution in [0.5, 0.6) is 5.75 Å². The standard InChI is InChI=1S/C27H32N4O5/c1-35-23-13-7-11-21(17-23)25(32)30-24(26(33)31-16-8-12-22(31)18-28)14-5-6-15-29-27(34)36-19-20-9-3-2-4-10-20/h2-4,7,9-11,13,17,22,24H,5-6,8,12,14-16,19H2,1H3,(H,29,34)(H,30,32)/t22-,24-/m0/s1. The van der Waals surface area contributed by atoms with Gasteiger partial charge in [0.1, 0.15) is 24.4 Å². The van der Waals surface area contributed by atoms with Crippen molar-refractivity contribution < 1.29 is 23.9 Å². The first-order chi connectivity index (χ1) is 17.5. The van der Waals surface area contributed by atoms with Crippen LogP contribution in [0.15, 0.2) is 54.6 Å². The van der Waals surface area contributed by atoms with Crippen LogP contribution in [0.1, 0.15) is 48.0 Å². The van der Waals surface area contributed by atoms with Crippen molar-refractivity contribution in [2.24, 2.45) is 0 Å². The minimum atomic E-state index is -0.775. The third-order valence-electron chi connectivity index (χ3n) is 6.02. The van der Waals surface area contributed by atoms with E-state index in [-0.39, 0.29) is 18.4 Å². The number of alkyl carbamates (subject to hydrolysis) is 1. The molecule has 0 aromatic heterocycles. The molecule has 0 radical (unpaired) electrons. The molecule has 1 fully saturated rings. The smallest absolute Gasteiger partial charge is 0.407 e. The second-order valence-corrected chi connectivity index (χ2v) is 8.56. The van der Waals surface area contributed by atoms with E-state index in [9.17, 15) is 19.6 Å². The van der Waals surface area contributed by atoms with Crippen molar-refractivity contribution in [3.63, 3.8) is 0 Å². The second kappa shape index (κ2) is 13.7. The Morgan fingerprint density at radius 3 is 2.69 bits per heavy atom. The molecule has 2 atom stereocenters. The number of nitrogens with zero attached hydrogens (tertiary/aromatic N) is 2. The summed E-state index contributed by atoms with van der Waals surface area (Å²) in [5.41, 5.74) is 1.28. The largest absolute Gasteiger partial charge is 0.497 e. The summed E-state index contributed by atoms with van der Waals surface area (Å²) in [6.45, 7) is 1.07. The van der Waals surface area contributed by atoms with Crippen molar-refractivity contribution in [3.8, 4) is 11.8 Å². The molecule has 0 aliphatic carbocycles. The summed E-state index contributed by atoms with van der Waals surface area (Å²) < 4.78 is 10.4. The first-order valence-corrected chi connectivity index (χ1v) is 12.1. The Morgan fingerprint density at radius 2 is 1.94 bits per heavy atom. The molecule has 3 rings (SSSR count). The van der Waals surface area contributed by atoms with Crippen LogP contribution >= 0.6 is 0 Å². The van der Waals surface area contributed by atoms with Gasteiger partial charge in [0.2, 0.25) is 5.91 Å². The molecule has 0 bridgehead atoms. The number of hydrogen-bond donors (Lipinski definition) is 2. The van der Waals surface area contributed by atoms with Gasteiger partial charge < -0.3 is 25.0 Å². The minimum Gasteiger partial charge on any atom is -0.497 e. The second-order valence-electron chi connectivity index (χ2n) is 8.56. The van der Waals surface area contributed by atoms with E-state index >= 15 is 0 Å². The highest BCUT2D eigenvalue weighted by Gasteiger charge is 2.33. The lowest BCUT2D eigenvalue weighted by Gasteiger charge is -2.26. The molecule has 3 amide bonds. The van der Waals surface area contributed by atoms with Crippen molar-refractivity contribution in [1.29, 1.82) is 5.26 Å². The number of methoxy groups -OCH3 is 1. The first kappa shape index (κ1) is 26.5. The van der Waals surface area contributed by atoms with Gasteiger partial charge >= 0.3 is 6.09 Å². The molecule has 2 aromatic rings. The number of ether oxygens (including phenoxy) is 2. The monoisotopic (exact) mass is 492 g/mol. The topological polar surface area (TPSA) is 121 Å². The van der Waals surface area contributed by atoms with Crippen molar-refractivity contribution >= 4 is 17.9 Å². The van der Waals surface area contributed by atoms with Gasteiger partial charge in [0.05, 0.1) is 13.2 Å². The number of nitriles is 1. The molecule has 1 saturated heterocycles. The number of benzene rings is 2. The Balaban J connectivity index is 1.52. The van der Waals surface area contributed by atoms with E-state index in [1.807, 2.05) is 30.3 Å². The van der Waals surface area contributed by atoms with Crippen LogP contribution in [0.4, 0.5) is 4.79 Å². The van der Waals surface area contributed by atoms with Gasteiger partial charge in [-0.05, 0) is 55.9 Å². The van der Waals surface area contributed by atoms with E-state index in [4.69, 9.17) is 9.47 Å². The van der Waals surface area contributed by atoms with E-state index in [1.54, 1.807) is 29.2 Å². The Hall–Kier alpha value is -4.06. The summed E-state index contributed by atoms with van der Waals surface area (Å²) in [5, 5.41) is 14.9. The SMILES string of the molecule is COc1cccc(C(=O)N[C@@H](CCCCNC(=O)OCc2ccccc2)C(=O)N2CCC[C@H]2C#N)c1. The summed E-state index contributed by atoms with van der Waals surface area (Å²) in [7, 11) is 1.52. The summed E-state index contributed by atoms with van der Waals surface area (Å²) in [6, 6.07) is 17.0. The van der Waals surface area contributed by atoms with Gasteiger partial charge in [0.15, 0.2) is 0 Å². The van der Waals surface area contributed by atoms with E-state index in [0.29, 0.717) is 50.1 Å². The Labute approximate surface area is 211 Å². The molecule has 190 valence electrons. The highest BCUT2D eigenvalue weighted by molar-refractivity contribution is 5.98. The fraction of sp³-hybridized carbons (Fsp3) is 0.407. The van der Waals surface area contributed by atoms with Crippen molar-refractivity contribution in [1.82, 2.24) is 15.5 Å². The predicted molar refractivity (Wildman–Crippen MR) is 133 cm³/mol. The number of rotatable bonds is 11. The molecular weight excluding hydrogens is 460 g/mol. The molecule has 2 aromatic carbocycles. The lowest BCUT2D eigenvalue weighted by Crippen LogP contribution is -2.49. The quantitative estimate of drug-likeness (QED) is 0.464. The van der Waals surface area contributed by atoms with Gasteiger partial charge in [0.25, 0.3) is 5.91 Å². The lowest BCUT2D eigenvalue weighted by atomic mass is 10.1. The average Bonchev–Trinajstić information content (AvgIpc) is 3.40. The number of carbonyl (C=O) groups excluding carboxylic acids is 3. The Kier molecular flexibility index (Phi) is 10.1. The maximum atomic E-state index is 13.2. The molecule has 0 spiro atoms. The van der Waals surface area contributed by atoms with Crippen molar-refractivity contribution in [3.05, 3.63) is 65.7 Å². The van der Waals surface area contributed by atoms with Crippen LogP contribution in [0.2, 0.25) is 0 Å². The van der Waals surface area contributed by atoms with Crippen LogP contribution in [-0.4, -0.2) is 55.1 Å². The third kappa shape index (κ3) is 7.73. The van der Waals surface area contributed by atoms with Gasteiger partial charge in [-0.3, -0.25) is 9.59 Å². The molecule has 36 heavy (non-hydrogen) atoms. The zero-order valence-electron chi connectivity index (χ0n) is 20.4. The summed E-state index contributed by atoms with van der Waals surface area (Å²) in [6.07, 6.45) is 2.44. The molecule has 1 heterocycles. The fourth-order valence-electron chi connectivity index (χ4n) is 4.07. The van der Waals surface area contributed by atoms with E-state index in [0.717, 1.165) is 12.0 Å². The lowest BCUT2D eigenvalue weighted by molar-refractivity contribution is -0.133. The van der Waals surface area contributed by atoms with Crippen LogP contribution in [0.25, 0.3) is 0 Å². The van der Waals surface area contributed by atoms with Crippen molar-refractivity contribution in [2.75, 3.05) is 20.2 Å². The minimum absolute atomic E-state index is 0.190. The van der Waals surface area contributed by atoms with Crippen LogP contribution in [-0.2, 0) is 16.1 Å². The van der Waals surface area contributed by atoms with Crippen molar-refractivity contribution in [2.45, 2.75) is 50.8 Å². The molecular formula is C27H32N4O5. The molecule has 1 aliphatic rings. The first-order valence-electron chi connectivity index (χ1n) is 12.1. The van der Waals surface area contributed by atoms with Gasteiger partial charge in [-0.25, -0.2) is 4.79 Å². The highest BCUT2D eigenvalue weighted by Crippen LogP contribution is 2.20. The normalized spacial score (nSPS) is 15.4. The summed E-state index contributed by atoms with van der Waals surface area (Å²) >= 11 is 0. The number of hydrogen-bond acceptors (Lipinski definition) is 6. The Bertz CT molecular complexity index is 1070. The maximum Gasteiger partial charge on any atom is 0.407 e. The number of nitrogens with one attached hydrogen (secondary N) is 2. The van der Waals surface area contributed by atoms with E-state index in [2.05, 4.69) is 16.7 Å². The average molecular weight is 493 g/mol. The van der Waals surface area contributed by atoms with Crippen LogP contribution < -0.4 is 15.4 Å². The van der Waals surface area contributed by atoms with Gasteiger partial charge in [0, 0.05) is 18.7 Å². The van der Waals surface area contributed by atoms with Crippen LogP contribution in [0.3, 0.4) is 0 Å². The van der Waals surface area contributed by atoms with E-state index in [1.165, 1.54) is 7.11 Å².